The lowest BCUT2D eigenvalue weighted by Crippen LogP contribution is -2.41. The van der Waals surface area contributed by atoms with Crippen molar-refractivity contribution < 1.29 is 9.59 Å². The second-order valence-electron chi connectivity index (χ2n) is 9.28. The Kier molecular flexibility index (Phi) is 7.76. The molecule has 1 saturated heterocycles. The third kappa shape index (κ3) is 6.30. The first-order valence-corrected chi connectivity index (χ1v) is 13.7. The van der Waals surface area contributed by atoms with Crippen LogP contribution in [0, 0.1) is 12.8 Å². The Morgan fingerprint density at radius 3 is 2.41 bits per heavy atom. The molecule has 2 amide bonds. The van der Waals surface area contributed by atoms with Crippen LogP contribution in [-0.2, 0) is 9.59 Å². The van der Waals surface area contributed by atoms with Crippen LogP contribution in [0.1, 0.15) is 18.4 Å². The van der Waals surface area contributed by atoms with Crippen LogP contribution < -0.4 is 10.6 Å². The first kappa shape index (κ1) is 25.7. The number of carbonyl (C=O) groups is 2. The molecule has 1 aromatic heterocycles. The van der Waals surface area contributed by atoms with E-state index < -0.39 is 0 Å². The zero-order valence-corrected chi connectivity index (χ0v) is 22.6. The average Bonchev–Trinajstić information content (AvgIpc) is 3.30. The monoisotopic (exact) mass is 552 g/mol. The number of aryl methyl sites for hydroxylation is 1. The first-order chi connectivity index (χ1) is 17.8. The number of carbonyl (C=O) groups excluding carboxylic acids is 2. The van der Waals surface area contributed by atoms with Crippen molar-refractivity contribution in [1.82, 2.24) is 9.88 Å². The lowest BCUT2D eigenvalue weighted by molar-refractivity contribution is -0.121. The maximum Gasteiger partial charge on any atom is 0.238 e. The highest BCUT2D eigenvalue weighted by Gasteiger charge is 2.26. The Morgan fingerprint density at radius 2 is 1.68 bits per heavy atom. The van der Waals surface area contributed by atoms with E-state index in [2.05, 4.69) is 34.6 Å². The summed E-state index contributed by atoms with van der Waals surface area (Å²) in [5.41, 5.74) is 4.63. The number of benzene rings is 3. The quantitative estimate of drug-likeness (QED) is 0.273. The van der Waals surface area contributed by atoms with Crippen molar-refractivity contribution in [3.05, 3.63) is 76.3 Å². The Labute approximate surface area is 229 Å². The van der Waals surface area contributed by atoms with Gasteiger partial charge in [-0.15, -0.1) is 11.3 Å². The van der Waals surface area contributed by atoms with E-state index in [-0.39, 0.29) is 24.3 Å². The van der Waals surface area contributed by atoms with Crippen LogP contribution in [-0.4, -0.2) is 41.3 Å². The van der Waals surface area contributed by atoms with Gasteiger partial charge in [-0.2, -0.15) is 0 Å². The van der Waals surface area contributed by atoms with Gasteiger partial charge in [0.15, 0.2) is 0 Å². The molecule has 1 fully saturated rings. The normalized spacial score (nSPS) is 14.6. The smallest absolute Gasteiger partial charge is 0.238 e. The number of piperidine rings is 1. The molecule has 0 unspecified atom stereocenters. The van der Waals surface area contributed by atoms with E-state index in [1.807, 2.05) is 30.3 Å². The number of rotatable bonds is 6. The lowest BCUT2D eigenvalue weighted by Gasteiger charge is -2.30. The van der Waals surface area contributed by atoms with Gasteiger partial charge in [-0.1, -0.05) is 29.3 Å². The van der Waals surface area contributed by atoms with Gasteiger partial charge in [0.05, 0.1) is 26.8 Å². The van der Waals surface area contributed by atoms with Crippen LogP contribution >= 0.6 is 34.5 Å². The topological polar surface area (TPSA) is 74.3 Å². The van der Waals surface area contributed by atoms with Crippen LogP contribution in [0.15, 0.2) is 60.7 Å². The number of halogens is 2. The molecule has 0 atom stereocenters. The minimum atomic E-state index is -0.121. The van der Waals surface area contributed by atoms with Gasteiger partial charge in [-0.3, -0.25) is 14.5 Å². The van der Waals surface area contributed by atoms with Gasteiger partial charge in [-0.25, -0.2) is 4.98 Å². The SMILES string of the molecule is Cc1ccc2nc(-c3ccc(NC(=O)C4CCN(CC(=O)Nc5ccc(Cl)c(Cl)c5)CC4)cc3)sc2c1. The van der Waals surface area contributed by atoms with Crippen LogP contribution in [0.4, 0.5) is 11.4 Å². The second kappa shape index (κ2) is 11.2. The molecule has 9 heteroatoms. The van der Waals surface area contributed by atoms with Crippen molar-refractivity contribution in [3.63, 3.8) is 0 Å². The first-order valence-electron chi connectivity index (χ1n) is 12.1. The highest BCUT2D eigenvalue weighted by atomic mass is 35.5. The van der Waals surface area contributed by atoms with Gasteiger partial charge in [0.2, 0.25) is 11.8 Å². The minimum Gasteiger partial charge on any atom is -0.326 e. The highest BCUT2D eigenvalue weighted by molar-refractivity contribution is 7.21. The predicted molar refractivity (Wildman–Crippen MR) is 153 cm³/mol. The summed E-state index contributed by atoms with van der Waals surface area (Å²) in [5.74, 6) is -0.186. The summed E-state index contributed by atoms with van der Waals surface area (Å²) in [6, 6.07) is 19.1. The molecule has 5 rings (SSSR count). The maximum absolute atomic E-state index is 12.9. The van der Waals surface area contributed by atoms with Crippen molar-refractivity contribution in [2.24, 2.45) is 5.92 Å². The molecule has 1 aliphatic heterocycles. The maximum atomic E-state index is 12.9. The summed E-state index contributed by atoms with van der Waals surface area (Å²) in [6.07, 6.45) is 1.41. The number of likely N-dealkylation sites (tertiary alicyclic amines) is 1. The zero-order valence-electron chi connectivity index (χ0n) is 20.3. The zero-order chi connectivity index (χ0) is 25.9. The fraction of sp³-hybridized carbons (Fsp3) is 0.250. The molecule has 0 spiro atoms. The van der Waals surface area contributed by atoms with E-state index in [0.717, 1.165) is 21.8 Å². The molecule has 0 saturated carbocycles. The summed E-state index contributed by atoms with van der Waals surface area (Å²) >= 11 is 13.6. The molecule has 0 radical (unpaired) electrons. The van der Waals surface area contributed by atoms with E-state index in [9.17, 15) is 9.59 Å². The molecule has 4 aromatic rings. The summed E-state index contributed by atoms with van der Waals surface area (Å²) in [6.45, 7) is 3.71. The molecule has 0 aliphatic carbocycles. The number of thiazole rings is 1. The molecule has 2 heterocycles. The van der Waals surface area contributed by atoms with Crippen LogP contribution in [0.2, 0.25) is 10.0 Å². The number of fused-ring (bicyclic) bond motifs is 1. The van der Waals surface area contributed by atoms with Gasteiger partial charge in [-0.05, 0) is 93.0 Å². The molecule has 37 heavy (non-hydrogen) atoms. The molecule has 2 N–H and O–H groups in total. The Bertz CT molecular complexity index is 1450. The van der Waals surface area contributed by atoms with Crippen LogP contribution in [0.5, 0.6) is 0 Å². The number of hydrogen-bond acceptors (Lipinski definition) is 5. The van der Waals surface area contributed by atoms with Gasteiger partial charge in [0, 0.05) is 22.9 Å². The number of aromatic nitrogens is 1. The Morgan fingerprint density at radius 1 is 0.946 bits per heavy atom. The van der Waals surface area contributed by atoms with Gasteiger partial charge >= 0.3 is 0 Å². The van der Waals surface area contributed by atoms with E-state index in [4.69, 9.17) is 28.2 Å². The minimum absolute atomic E-state index is 0.0168. The molecule has 6 nitrogen and oxygen atoms in total. The van der Waals surface area contributed by atoms with Crippen LogP contribution in [0.25, 0.3) is 20.8 Å². The van der Waals surface area contributed by atoms with Crippen molar-refractivity contribution in [1.29, 1.82) is 0 Å². The lowest BCUT2D eigenvalue weighted by atomic mass is 9.95. The second-order valence-corrected chi connectivity index (χ2v) is 11.1. The van der Waals surface area contributed by atoms with Gasteiger partial charge in [0.25, 0.3) is 0 Å². The molecular weight excluding hydrogens is 527 g/mol. The summed E-state index contributed by atoms with van der Waals surface area (Å²) in [7, 11) is 0. The third-order valence-corrected chi connectivity index (χ3v) is 8.28. The third-order valence-electron chi connectivity index (χ3n) is 6.47. The Balaban J connectivity index is 1.10. The van der Waals surface area contributed by atoms with Crippen LogP contribution in [0.3, 0.4) is 0 Å². The van der Waals surface area contributed by atoms with E-state index in [0.29, 0.717) is 41.7 Å². The van der Waals surface area contributed by atoms with Gasteiger partial charge < -0.3 is 10.6 Å². The number of nitrogens with zero attached hydrogens (tertiary/aromatic N) is 2. The largest absolute Gasteiger partial charge is 0.326 e. The number of anilines is 2. The summed E-state index contributed by atoms with van der Waals surface area (Å²) in [5, 5.41) is 7.70. The molecule has 0 bridgehead atoms. The standard InChI is InChI=1S/C28H26Cl2N4O2S/c1-17-2-9-24-25(14-17)37-28(33-24)19-3-5-20(6-4-19)32-27(36)18-10-12-34(13-11-18)16-26(35)31-21-7-8-22(29)23(30)15-21/h2-9,14-15,18H,10-13,16H2,1H3,(H,31,35)(H,32,36). The summed E-state index contributed by atoms with van der Waals surface area (Å²) in [4.78, 5) is 32.1. The Hall–Kier alpha value is -2.97. The van der Waals surface area contributed by atoms with E-state index >= 15 is 0 Å². The molecule has 1 aliphatic rings. The van der Waals surface area contributed by atoms with Crippen molar-refractivity contribution in [2.45, 2.75) is 19.8 Å². The van der Waals surface area contributed by atoms with E-state index in [1.165, 1.54) is 10.3 Å². The fourth-order valence-electron chi connectivity index (χ4n) is 4.43. The molecule has 3 aromatic carbocycles. The number of nitrogens with one attached hydrogen (secondary N) is 2. The predicted octanol–water partition coefficient (Wildman–Crippen LogP) is 6.87. The van der Waals surface area contributed by atoms with Crippen molar-refractivity contribution >= 4 is 67.9 Å². The summed E-state index contributed by atoms with van der Waals surface area (Å²) < 4.78 is 1.17. The molecular formula is C28H26Cl2N4O2S. The fourth-order valence-corrected chi connectivity index (χ4v) is 5.79. The molecule has 190 valence electrons. The van der Waals surface area contributed by atoms with Gasteiger partial charge in [0.1, 0.15) is 5.01 Å². The average molecular weight is 554 g/mol. The van der Waals surface area contributed by atoms with Crippen molar-refractivity contribution in [2.75, 3.05) is 30.3 Å². The number of amides is 2. The van der Waals surface area contributed by atoms with Crippen molar-refractivity contribution in [3.8, 4) is 10.6 Å². The number of hydrogen-bond donors (Lipinski definition) is 2. The highest BCUT2D eigenvalue weighted by Crippen LogP contribution is 2.31. The van der Waals surface area contributed by atoms with E-state index in [1.54, 1.807) is 29.5 Å².